The summed E-state index contributed by atoms with van der Waals surface area (Å²) < 4.78 is 27.3. The largest absolute Gasteiger partial charge is 0.288 e. The van der Waals surface area contributed by atoms with E-state index >= 15 is 0 Å². The fourth-order valence-corrected chi connectivity index (χ4v) is 6.69. The van der Waals surface area contributed by atoms with Crippen LogP contribution in [0.3, 0.4) is 0 Å². The fraction of sp³-hybridized carbons (Fsp3) is 0.333. The van der Waals surface area contributed by atoms with E-state index in [0.717, 1.165) is 24.3 Å². The van der Waals surface area contributed by atoms with E-state index in [-0.39, 0.29) is 11.1 Å². The van der Waals surface area contributed by atoms with E-state index in [1.165, 1.54) is 27.7 Å². The number of halogens is 4. The number of hydrogen-bond donors (Lipinski definition) is 0. The Kier molecular flexibility index (Phi) is 6.91. The van der Waals surface area contributed by atoms with Gasteiger partial charge in [-0.25, -0.2) is 8.42 Å². The van der Waals surface area contributed by atoms with Gasteiger partial charge in [-0.2, -0.15) is 0 Å². The Balaban J connectivity index is 3.02. The lowest BCUT2D eigenvalue weighted by Gasteiger charge is -2.25. The molecule has 0 fully saturated rings. The van der Waals surface area contributed by atoms with Crippen molar-refractivity contribution in [3.63, 3.8) is 0 Å². The molecule has 0 radical (unpaired) electrons. The van der Waals surface area contributed by atoms with Crippen molar-refractivity contribution in [3.8, 4) is 0 Å². The van der Waals surface area contributed by atoms with Crippen LogP contribution in [0.25, 0.3) is 0 Å². The van der Waals surface area contributed by atoms with E-state index in [0.29, 0.717) is 0 Å². The van der Waals surface area contributed by atoms with Gasteiger partial charge >= 0.3 is 0 Å². The van der Waals surface area contributed by atoms with Gasteiger partial charge in [0.25, 0.3) is 11.4 Å². The third-order valence-corrected chi connectivity index (χ3v) is 7.31. The minimum Gasteiger partial charge on any atom is -0.258 e. The molecule has 0 N–H and O–H groups in total. The van der Waals surface area contributed by atoms with Gasteiger partial charge in [-0.15, -0.1) is 23.2 Å². The van der Waals surface area contributed by atoms with Crippen LogP contribution in [0.2, 0.25) is 10.0 Å². The smallest absolute Gasteiger partial charge is 0.258 e. The number of rotatable bonds is 6. The number of hydrogen-bond acceptors (Lipinski definition) is 6. The molecule has 2 aromatic carbocycles. The van der Waals surface area contributed by atoms with Crippen molar-refractivity contribution >= 4 is 67.6 Å². The Morgan fingerprint density at radius 3 is 1.26 bits per heavy atom. The molecule has 0 unspecified atom stereocenters. The van der Waals surface area contributed by atoms with Crippen LogP contribution in [-0.2, 0) is 19.6 Å². The van der Waals surface area contributed by atoms with Gasteiger partial charge in [0, 0.05) is 23.3 Å². The Hall–Kier alpha value is -1.65. The molecule has 13 heteroatoms. The van der Waals surface area contributed by atoms with E-state index < -0.39 is 60.6 Å². The Morgan fingerprint density at radius 2 is 1.03 bits per heavy atom. The highest BCUT2D eigenvalue weighted by atomic mass is 35.5. The van der Waals surface area contributed by atoms with Crippen LogP contribution in [0.15, 0.2) is 34.1 Å². The first kappa shape index (κ1) is 25.6. The van der Waals surface area contributed by atoms with Crippen LogP contribution < -0.4 is 0 Å². The summed E-state index contributed by atoms with van der Waals surface area (Å²) in [4.78, 5) is 17.4. The van der Waals surface area contributed by atoms with E-state index in [2.05, 4.69) is 0 Å². The van der Waals surface area contributed by atoms with E-state index in [1.807, 2.05) is 0 Å². The van der Waals surface area contributed by atoms with Gasteiger partial charge in [0.05, 0.1) is 29.4 Å². The molecule has 0 saturated heterocycles. The summed E-state index contributed by atoms with van der Waals surface area (Å²) in [5.74, 6) is 0. The van der Waals surface area contributed by atoms with Crippen molar-refractivity contribution in [2.75, 3.05) is 0 Å². The molecule has 0 bridgehead atoms. The van der Waals surface area contributed by atoms with Crippen molar-refractivity contribution < 1.29 is 18.3 Å². The van der Waals surface area contributed by atoms with Crippen LogP contribution >= 0.6 is 46.4 Å². The van der Waals surface area contributed by atoms with Gasteiger partial charge in [-0.3, -0.25) is 20.2 Å². The zero-order valence-corrected chi connectivity index (χ0v) is 20.4. The van der Waals surface area contributed by atoms with Gasteiger partial charge in [-0.05, 0) is 39.8 Å². The monoisotopic (exact) mass is 528 g/mol. The molecule has 8 nitrogen and oxygen atoms in total. The highest BCUT2D eigenvalue weighted by Crippen LogP contribution is 2.47. The number of nitro benzene ring substituents is 2. The molecular formula is C18H16Cl4N2O6S. The van der Waals surface area contributed by atoms with Crippen molar-refractivity contribution in [2.45, 2.75) is 47.2 Å². The van der Waals surface area contributed by atoms with E-state index in [4.69, 9.17) is 46.4 Å². The molecule has 2 aromatic rings. The Bertz CT molecular complexity index is 1110. The van der Waals surface area contributed by atoms with Gasteiger partial charge in [0.1, 0.15) is 10.0 Å². The second kappa shape index (κ2) is 8.37. The summed E-state index contributed by atoms with van der Waals surface area (Å²) in [5.41, 5.74) is -1.44. The molecule has 0 saturated carbocycles. The SMILES string of the molecule is CC(C)(Cl)c1c(S(=O)(=O)c2ccc([N+](=O)[O-])c(Cl)c2C(C)(C)Cl)ccc([N+](=O)[O-])c1Cl. The predicted molar refractivity (Wildman–Crippen MR) is 119 cm³/mol. The first-order valence-corrected chi connectivity index (χ1v) is 11.5. The van der Waals surface area contributed by atoms with Crippen LogP contribution in [-0.4, -0.2) is 18.3 Å². The summed E-state index contributed by atoms with van der Waals surface area (Å²) in [6.45, 7) is 5.70. The topological polar surface area (TPSA) is 120 Å². The highest BCUT2D eigenvalue weighted by molar-refractivity contribution is 7.91. The minimum atomic E-state index is -4.48. The molecule has 31 heavy (non-hydrogen) atoms. The standard InChI is InChI=1S/C18H16Cl4N2O6S/c1-17(2,21)13-11(7-5-9(15(13)19)23(25)26)31(29,30)12-8-6-10(24(27)28)16(20)14(12)18(3,4)22/h5-8H,1-4H3. The average molecular weight is 530 g/mol. The van der Waals surface area contributed by atoms with Gasteiger partial charge < -0.3 is 0 Å². The summed E-state index contributed by atoms with van der Waals surface area (Å²) in [7, 11) is -4.48. The molecular weight excluding hydrogens is 514 g/mol. The number of nitrogens with zero attached hydrogens (tertiary/aromatic N) is 2. The molecule has 0 aliphatic rings. The maximum absolute atomic E-state index is 13.7. The summed E-state index contributed by atoms with van der Waals surface area (Å²) in [6.07, 6.45) is 0. The van der Waals surface area contributed by atoms with Gasteiger partial charge in [-0.1, -0.05) is 23.2 Å². The fourth-order valence-electron chi connectivity index (χ4n) is 3.05. The van der Waals surface area contributed by atoms with Crippen LogP contribution in [0.4, 0.5) is 11.4 Å². The second-order valence-corrected chi connectivity index (χ2v) is 12.0. The lowest BCUT2D eigenvalue weighted by molar-refractivity contribution is -0.385. The lowest BCUT2D eigenvalue weighted by atomic mass is 10.0. The number of alkyl halides is 2. The number of sulfone groups is 1. The van der Waals surface area contributed by atoms with E-state index in [9.17, 15) is 28.6 Å². The summed E-state index contributed by atoms with van der Waals surface area (Å²) >= 11 is 25.1. The zero-order chi connectivity index (χ0) is 24.1. The molecule has 0 aromatic heterocycles. The van der Waals surface area contributed by atoms with Crippen molar-refractivity contribution in [1.29, 1.82) is 0 Å². The highest BCUT2D eigenvalue weighted by Gasteiger charge is 2.39. The van der Waals surface area contributed by atoms with Crippen molar-refractivity contribution in [2.24, 2.45) is 0 Å². The Labute approximate surface area is 198 Å². The molecule has 0 aliphatic heterocycles. The number of nitro groups is 2. The molecule has 2 rings (SSSR count). The Morgan fingerprint density at radius 1 is 0.742 bits per heavy atom. The first-order chi connectivity index (χ1) is 13.9. The third kappa shape index (κ3) is 4.75. The molecule has 0 aliphatic carbocycles. The molecule has 0 heterocycles. The maximum Gasteiger partial charge on any atom is 0.288 e. The average Bonchev–Trinajstić information content (AvgIpc) is 2.58. The second-order valence-electron chi connectivity index (χ2n) is 7.51. The van der Waals surface area contributed by atoms with Crippen molar-refractivity contribution in [1.82, 2.24) is 0 Å². The molecule has 168 valence electrons. The summed E-state index contributed by atoms with van der Waals surface area (Å²) in [6, 6.07) is 3.91. The zero-order valence-electron chi connectivity index (χ0n) is 16.6. The van der Waals surface area contributed by atoms with E-state index in [1.54, 1.807) is 0 Å². The van der Waals surface area contributed by atoms with Crippen molar-refractivity contribution in [3.05, 3.63) is 65.7 Å². The summed E-state index contributed by atoms with van der Waals surface area (Å²) in [5, 5.41) is 21.7. The predicted octanol–water partition coefficient (Wildman–Crippen LogP) is 6.59. The maximum atomic E-state index is 13.7. The van der Waals surface area contributed by atoms with Crippen LogP contribution in [0.1, 0.15) is 38.8 Å². The van der Waals surface area contributed by atoms with Crippen LogP contribution in [0, 0.1) is 20.2 Å². The number of benzene rings is 2. The minimum absolute atomic E-state index is 0.196. The molecule has 0 spiro atoms. The van der Waals surface area contributed by atoms with Gasteiger partial charge in [0.15, 0.2) is 0 Å². The normalized spacial score (nSPS) is 12.6. The first-order valence-electron chi connectivity index (χ1n) is 8.50. The van der Waals surface area contributed by atoms with Crippen LogP contribution in [0.5, 0.6) is 0 Å². The quantitative estimate of drug-likeness (QED) is 0.236. The molecule has 0 atom stereocenters. The lowest BCUT2D eigenvalue weighted by Crippen LogP contribution is -2.20. The van der Waals surface area contributed by atoms with Gasteiger partial charge in [0.2, 0.25) is 9.84 Å². The third-order valence-electron chi connectivity index (χ3n) is 4.33. The molecule has 0 amide bonds.